The molecule has 3 amide bonds. The number of urea groups is 1. The fraction of sp³-hybridized carbons (Fsp3) is 0.714. The average Bonchev–Trinajstić information content (AvgIpc) is 3.11. The average molecular weight is 338 g/mol. The molecule has 10 heteroatoms. The summed E-state index contributed by atoms with van der Waals surface area (Å²) in [4.78, 5) is 37.2. The summed E-state index contributed by atoms with van der Waals surface area (Å²) >= 11 is 0. The van der Waals surface area contributed by atoms with E-state index in [1.54, 1.807) is 4.68 Å². The van der Waals surface area contributed by atoms with Gasteiger partial charge in [-0.3, -0.25) is 14.5 Å². The van der Waals surface area contributed by atoms with Gasteiger partial charge in [0.15, 0.2) is 12.4 Å². The van der Waals surface area contributed by atoms with Crippen LogP contribution < -0.4 is 5.32 Å². The standard InChI is InChI=1S/C14H22N6O4/c1-4-7-20-10(16-17-18-20)9-24-11(21)8-19-12(22)14(5-2,6-3)15-13(19)23/h4-9H2,1-3H3,(H,15,23). The van der Waals surface area contributed by atoms with Crippen molar-refractivity contribution in [1.29, 1.82) is 0 Å². The summed E-state index contributed by atoms with van der Waals surface area (Å²) in [5.74, 6) is -0.670. The number of nitrogens with zero attached hydrogens (tertiary/aromatic N) is 5. The van der Waals surface area contributed by atoms with Crippen molar-refractivity contribution in [2.24, 2.45) is 0 Å². The summed E-state index contributed by atoms with van der Waals surface area (Å²) in [5, 5.41) is 13.8. The third kappa shape index (κ3) is 3.36. The van der Waals surface area contributed by atoms with Gasteiger partial charge in [0.2, 0.25) is 0 Å². The second-order valence-corrected chi connectivity index (χ2v) is 5.59. The zero-order chi connectivity index (χ0) is 17.7. The predicted octanol–water partition coefficient (Wildman–Crippen LogP) is 0.237. The van der Waals surface area contributed by atoms with E-state index in [9.17, 15) is 14.4 Å². The summed E-state index contributed by atoms with van der Waals surface area (Å²) in [6, 6.07) is -0.573. The molecule has 2 heterocycles. The quantitative estimate of drug-likeness (QED) is 0.532. The molecule has 2 rings (SSSR count). The smallest absolute Gasteiger partial charge is 0.326 e. The summed E-state index contributed by atoms with van der Waals surface area (Å²) in [6.45, 7) is 5.68. The van der Waals surface area contributed by atoms with Gasteiger partial charge in [-0.05, 0) is 29.7 Å². The predicted molar refractivity (Wildman–Crippen MR) is 81.5 cm³/mol. The van der Waals surface area contributed by atoms with Gasteiger partial charge in [0.1, 0.15) is 12.1 Å². The molecule has 1 saturated heterocycles. The van der Waals surface area contributed by atoms with Crippen LogP contribution in [0.4, 0.5) is 4.79 Å². The molecule has 0 bridgehead atoms. The third-order valence-electron chi connectivity index (χ3n) is 4.14. The van der Waals surface area contributed by atoms with E-state index in [0.29, 0.717) is 25.2 Å². The molecule has 0 radical (unpaired) electrons. The third-order valence-corrected chi connectivity index (χ3v) is 4.14. The maximum absolute atomic E-state index is 12.4. The van der Waals surface area contributed by atoms with Crippen molar-refractivity contribution in [2.45, 2.75) is 58.7 Å². The Kier molecular flexibility index (Phi) is 5.47. The van der Waals surface area contributed by atoms with E-state index in [2.05, 4.69) is 20.8 Å². The molecule has 1 aromatic rings. The van der Waals surface area contributed by atoms with E-state index in [4.69, 9.17) is 4.74 Å². The molecule has 1 aromatic heterocycles. The van der Waals surface area contributed by atoms with Gasteiger partial charge in [0.05, 0.1) is 0 Å². The van der Waals surface area contributed by atoms with E-state index in [-0.39, 0.29) is 6.61 Å². The van der Waals surface area contributed by atoms with E-state index >= 15 is 0 Å². The molecule has 10 nitrogen and oxygen atoms in total. The van der Waals surface area contributed by atoms with Crippen LogP contribution in [0.15, 0.2) is 0 Å². The van der Waals surface area contributed by atoms with Gasteiger partial charge in [-0.25, -0.2) is 9.48 Å². The fourth-order valence-corrected chi connectivity index (χ4v) is 2.58. The number of rotatable bonds is 8. The monoisotopic (exact) mass is 338 g/mol. The molecule has 132 valence electrons. The van der Waals surface area contributed by atoms with Crippen molar-refractivity contribution in [3.63, 3.8) is 0 Å². The Labute approximate surface area is 139 Å². The number of ether oxygens (including phenoxy) is 1. The number of carbonyl (C=O) groups is 3. The summed E-state index contributed by atoms with van der Waals surface area (Å²) in [5.41, 5.74) is -0.928. The Morgan fingerprint density at radius 3 is 2.54 bits per heavy atom. The zero-order valence-electron chi connectivity index (χ0n) is 14.1. The van der Waals surface area contributed by atoms with Crippen LogP contribution >= 0.6 is 0 Å². The van der Waals surface area contributed by atoms with Crippen LogP contribution in [0, 0.1) is 0 Å². The number of hydrogen-bond acceptors (Lipinski definition) is 7. The topological polar surface area (TPSA) is 119 Å². The molecular weight excluding hydrogens is 316 g/mol. The number of imide groups is 1. The molecule has 0 atom stereocenters. The lowest BCUT2D eigenvalue weighted by Crippen LogP contribution is -2.46. The fourth-order valence-electron chi connectivity index (χ4n) is 2.58. The molecule has 1 fully saturated rings. The van der Waals surface area contributed by atoms with Crippen molar-refractivity contribution < 1.29 is 19.1 Å². The highest BCUT2D eigenvalue weighted by Gasteiger charge is 2.49. The van der Waals surface area contributed by atoms with Crippen molar-refractivity contribution in [3.05, 3.63) is 5.82 Å². The maximum atomic E-state index is 12.4. The van der Waals surface area contributed by atoms with Crippen LogP contribution in [0.2, 0.25) is 0 Å². The SMILES string of the molecule is CCCn1nnnc1COC(=O)CN1C(=O)NC(CC)(CC)C1=O. The number of amides is 3. The van der Waals surface area contributed by atoms with Gasteiger partial charge in [0.25, 0.3) is 5.91 Å². The Hall–Kier alpha value is -2.52. The van der Waals surface area contributed by atoms with Crippen LogP contribution in [0.1, 0.15) is 45.9 Å². The largest absolute Gasteiger partial charge is 0.456 e. The Bertz CT molecular complexity index is 625. The lowest BCUT2D eigenvalue weighted by molar-refractivity contribution is -0.149. The molecule has 1 aliphatic rings. The molecule has 0 unspecified atom stereocenters. The molecule has 1 N–H and O–H groups in total. The first-order valence-electron chi connectivity index (χ1n) is 8.02. The van der Waals surface area contributed by atoms with E-state index in [0.717, 1.165) is 11.3 Å². The van der Waals surface area contributed by atoms with E-state index in [1.807, 2.05) is 20.8 Å². The number of esters is 1. The number of aromatic nitrogens is 4. The maximum Gasteiger partial charge on any atom is 0.326 e. The van der Waals surface area contributed by atoms with Gasteiger partial charge >= 0.3 is 12.0 Å². The lowest BCUT2D eigenvalue weighted by Gasteiger charge is -2.22. The first-order chi connectivity index (χ1) is 11.5. The van der Waals surface area contributed by atoms with Gasteiger partial charge in [-0.1, -0.05) is 20.8 Å². The molecule has 24 heavy (non-hydrogen) atoms. The van der Waals surface area contributed by atoms with Crippen LogP contribution in [0.25, 0.3) is 0 Å². The highest BCUT2D eigenvalue weighted by Crippen LogP contribution is 2.24. The number of nitrogens with one attached hydrogen (secondary N) is 1. The van der Waals surface area contributed by atoms with Crippen LogP contribution in [0.3, 0.4) is 0 Å². The minimum Gasteiger partial charge on any atom is -0.456 e. The van der Waals surface area contributed by atoms with Crippen molar-refractivity contribution in [1.82, 2.24) is 30.4 Å². The lowest BCUT2D eigenvalue weighted by atomic mass is 9.93. The highest BCUT2D eigenvalue weighted by atomic mass is 16.5. The Balaban J connectivity index is 1.94. The summed E-state index contributed by atoms with van der Waals surface area (Å²) < 4.78 is 6.63. The molecule has 0 saturated carbocycles. The summed E-state index contributed by atoms with van der Waals surface area (Å²) in [7, 11) is 0. The van der Waals surface area contributed by atoms with Gasteiger partial charge in [0, 0.05) is 6.54 Å². The van der Waals surface area contributed by atoms with Crippen molar-refractivity contribution in [2.75, 3.05) is 6.54 Å². The van der Waals surface area contributed by atoms with E-state index < -0.39 is 30.0 Å². The number of carbonyl (C=O) groups excluding carboxylic acids is 3. The first kappa shape index (κ1) is 17.8. The summed E-state index contributed by atoms with van der Waals surface area (Å²) in [6.07, 6.45) is 1.77. The number of aryl methyl sites for hydroxylation is 1. The second kappa shape index (κ2) is 7.37. The van der Waals surface area contributed by atoms with Gasteiger partial charge < -0.3 is 10.1 Å². The van der Waals surface area contributed by atoms with Crippen LogP contribution in [-0.4, -0.2) is 55.1 Å². The molecule has 0 spiro atoms. The molecule has 1 aliphatic heterocycles. The minimum atomic E-state index is -0.928. The number of tetrazole rings is 1. The Morgan fingerprint density at radius 1 is 1.25 bits per heavy atom. The zero-order valence-corrected chi connectivity index (χ0v) is 14.1. The normalized spacial score (nSPS) is 16.4. The molecule has 0 aliphatic carbocycles. The number of hydrogen-bond donors (Lipinski definition) is 1. The van der Waals surface area contributed by atoms with Crippen molar-refractivity contribution in [3.8, 4) is 0 Å². The molecule has 0 aromatic carbocycles. The molecular formula is C14H22N6O4. The minimum absolute atomic E-state index is 0.109. The van der Waals surface area contributed by atoms with Crippen LogP contribution in [0.5, 0.6) is 0 Å². The first-order valence-corrected chi connectivity index (χ1v) is 8.02. The van der Waals surface area contributed by atoms with Crippen molar-refractivity contribution >= 4 is 17.9 Å². The van der Waals surface area contributed by atoms with Gasteiger partial charge in [-0.2, -0.15) is 0 Å². The Morgan fingerprint density at radius 2 is 1.96 bits per heavy atom. The second-order valence-electron chi connectivity index (χ2n) is 5.59. The van der Waals surface area contributed by atoms with Gasteiger partial charge in [-0.15, -0.1) is 5.10 Å². The van der Waals surface area contributed by atoms with E-state index in [1.165, 1.54) is 0 Å². The highest BCUT2D eigenvalue weighted by molar-refractivity contribution is 6.08. The van der Waals surface area contributed by atoms with Crippen LogP contribution in [-0.2, 0) is 27.5 Å².